The Morgan fingerprint density at radius 1 is 1.46 bits per heavy atom. The molecule has 3 heteroatoms. The molecule has 0 bridgehead atoms. The van der Waals surface area contributed by atoms with Gasteiger partial charge in [-0.25, -0.2) is 0 Å². The number of hydrogen-bond acceptors (Lipinski definition) is 2. The maximum absolute atomic E-state index is 9.09. The molecular formula is C10H14ClNO. The summed E-state index contributed by atoms with van der Waals surface area (Å²) in [6, 6.07) is 5.89. The molecule has 0 aromatic heterocycles. The van der Waals surface area contributed by atoms with Gasteiger partial charge in [-0.15, -0.1) is 0 Å². The predicted octanol–water partition coefficient (Wildman–Crippen LogP) is 2.65. The second kappa shape index (κ2) is 4.49. The van der Waals surface area contributed by atoms with Crippen molar-refractivity contribution < 1.29 is 5.11 Å². The van der Waals surface area contributed by atoms with Crippen molar-refractivity contribution in [3.63, 3.8) is 0 Å². The fourth-order valence-electron chi connectivity index (χ4n) is 1.17. The summed E-state index contributed by atoms with van der Waals surface area (Å²) < 4.78 is 0. The van der Waals surface area contributed by atoms with Gasteiger partial charge in [0.05, 0.1) is 6.61 Å². The number of aliphatic hydroxyl groups excluding tert-OH is 1. The summed E-state index contributed by atoms with van der Waals surface area (Å²) in [5, 5.41) is 12.9. The lowest BCUT2D eigenvalue weighted by Crippen LogP contribution is -2.11. The normalized spacial score (nSPS) is 10.5. The summed E-state index contributed by atoms with van der Waals surface area (Å²) in [4.78, 5) is 0. The van der Waals surface area contributed by atoms with Crippen molar-refractivity contribution in [1.29, 1.82) is 0 Å². The third-order valence-corrected chi connectivity index (χ3v) is 2.08. The van der Waals surface area contributed by atoms with Crippen LogP contribution in [0, 0.1) is 0 Å². The number of anilines is 1. The monoisotopic (exact) mass is 199 g/mol. The molecule has 1 aromatic carbocycles. The number of rotatable bonds is 3. The van der Waals surface area contributed by atoms with Crippen LogP contribution in [0.3, 0.4) is 0 Å². The Bertz CT molecular complexity index is 286. The average Bonchev–Trinajstić information content (AvgIpc) is 2.03. The van der Waals surface area contributed by atoms with Crippen LogP contribution in [0.15, 0.2) is 18.2 Å². The molecule has 1 aromatic rings. The smallest absolute Gasteiger partial charge is 0.0716 e. The second-order valence-electron chi connectivity index (χ2n) is 3.22. The maximum Gasteiger partial charge on any atom is 0.0716 e. The van der Waals surface area contributed by atoms with Crippen LogP contribution < -0.4 is 5.32 Å². The molecule has 2 nitrogen and oxygen atoms in total. The highest BCUT2D eigenvalue weighted by Crippen LogP contribution is 2.24. The van der Waals surface area contributed by atoms with Gasteiger partial charge in [0.15, 0.2) is 0 Å². The van der Waals surface area contributed by atoms with Gasteiger partial charge in [-0.1, -0.05) is 17.7 Å². The van der Waals surface area contributed by atoms with E-state index in [-0.39, 0.29) is 6.61 Å². The summed E-state index contributed by atoms with van der Waals surface area (Å²) >= 11 is 5.91. The van der Waals surface area contributed by atoms with Crippen LogP contribution in [0.2, 0.25) is 5.02 Å². The molecule has 0 saturated carbocycles. The minimum atomic E-state index is -0.0330. The first kappa shape index (κ1) is 10.4. The van der Waals surface area contributed by atoms with Crippen LogP contribution in [-0.4, -0.2) is 11.1 Å². The molecule has 0 saturated heterocycles. The van der Waals surface area contributed by atoms with Gasteiger partial charge in [-0.2, -0.15) is 0 Å². The van der Waals surface area contributed by atoms with Crippen LogP contribution in [0.4, 0.5) is 5.69 Å². The lowest BCUT2D eigenvalue weighted by Gasteiger charge is -2.14. The Balaban J connectivity index is 2.98. The molecular weight excluding hydrogens is 186 g/mol. The standard InChI is InChI=1S/C10H14ClNO/c1-7(2)12-10-5-3-4-9(11)8(10)6-13/h3-5,7,12-13H,6H2,1-2H3. The summed E-state index contributed by atoms with van der Waals surface area (Å²) in [6.45, 7) is 4.05. The van der Waals surface area contributed by atoms with Gasteiger partial charge in [0.25, 0.3) is 0 Å². The van der Waals surface area contributed by atoms with Crippen molar-refractivity contribution >= 4 is 17.3 Å². The minimum absolute atomic E-state index is 0.0330. The largest absolute Gasteiger partial charge is 0.392 e. The number of nitrogens with one attached hydrogen (secondary N) is 1. The molecule has 13 heavy (non-hydrogen) atoms. The second-order valence-corrected chi connectivity index (χ2v) is 3.63. The van der Waals surface area contributed by atoms with Crippen molar-refractivity contribution in [2.24, 2.45) is 0 Å². The van der Waals surface area contributed by atoms with Gasteiger partial charge >= 0.3 is 0 Å². The molecule has 0 fully saturated rings. The Morgan fingerprint density at radius 3 is 2.69 bits per heavy atom. The topological polar surface area (TPSA) is 32.3 Å². The first-order valence-electron chi connectivity index (χ1n) is 4.30. The minimum Gasteiger partial charge on any atom is -0.392 e. The van der Waals surface area contributed by atoms with Crippen molar-refractivity contribution in [3.8, 4) is 0 Å². The van der Waals surface area contributed by atoms with Gasteiger partial charge in [-0.3, -0.25) is 0 Å². The van der Waals surface area contributed by atoms with E-state index in [1.54, 1.807) is 6.07 Å². The van der Waals surface area contributed by atoms with E-state index in [1.807, 2.05) is 26.0 Å². The number of hydrogen-bond donors (Lipinski definition) is 2. The van der Waals surface area contributed by atoms with Gasteiger partial charge in [0.2, 0.25) is 0 Å². The SMILES string of the molecule is CC(C)Nc1cccc(Cl)c1CO. The van der Waals surface area contributed by atoms with Crippen LogP contribution >= 0.6 is 11.6 Å². The van der Waals surface area contributed by atoms with E-state index >= 15 is 0 Å². The van der Waals surface area contributed by atoms with Crippen LogP contribution in [0.25, 0.3) is 0 Å². The van der Waals surface area contributed by atoms with Gasteiger partial charge in [0, 0.05) is 22.3 Å². The number of halogens is 1. The molecule has 0 heterocycles. The quantitative estimate of drug-likeness (QED) is 0.785. The van der Waals surface area contributed by atoms with Gasteiger partial charge in [0.1, 0.15) is 0 Å². The van der Waals surface area contributed by atoms with Gasteiger partial charge < -0.3 is 10.4 Å². The van der Waals surface area contributed by atoms with E-state index < -0.39 is 0 Å². The van der Waals surface area contributed by atoms with E-state index in [0.717, 1.165) is 11.3 Å². The number of benzene rings is 1. The maximum atomic E-state index is 9.09. The number of aliphatic hydroxyl groups is 1. The fraction of sp³-hybridized carbons (Fsp3) is 0.400. The predicted molar refractivity (Wildman–Crippen MR) is 56.1 cm³/mol. The Kier molecular flexibility index (Phi) is 3.58. The fourth-order valence-corrected chi connectivity index (χ4v) is 1.40. The van der Waals surface area contributed by atoms with E-state index in [1.165, 1.54) is 0 Å². The summed E-state index contributed by atoms with van der Waals surface area (Å²) in [7, 11) is 0. The van der Waals surface area contributed by atoms with Crippen LogP contribution in [0.5, 0.6) is 0 Å². The molecule has 0 aliphatic rings. The molecule has 2 N–H and O–H groups in total. The highest BCUT2D eigenvalue weighted by molar-refractivity contribution is 6.31. The van der Waals surface area contributed by atoms with Crippen molar-refractivity contribution in [2.75, 3.05) is 5.32 Å². The zero-order valence-electron chi connectivity index (χ0n) is 7.84. The molecule has 0 atom stereocenters. The third kappa shape index (κ3) is 2.61. The molecule has 0 spiro atoms. The molecule has 72 valence electrons. The lowest BCUT2D eigenvalue weighted by molar-refractivity contribution is 0.282. The lowest BCUT2D eigenvalue weighted by atomic mass is 10.1. The molecule has 1 rings (SSSR count). The first-order valence-corrected chi connectivity index (χ1v) is 4.67. The van der Waals surface area contributed by atoms with Gasteiger partial charge in [-0.05, 0) is 26.0 Å². The highest BCUT2D eigenvalue weighted by atomic mass is 35.5. The molecule has 0 aliphatic heterocycles. The Hall–Kier alpha value is -0.730. The molecule has 0 unspecified atom stereocenters. The first-order chi connectivity index (χ1) is 6.15. The van der Waals surface area contributed by atoms with Crippen LogP contribution in [-0.2, 0) is 6.61 Å². The summed E-state index contributed by atoms with van der Waals surface area (Å²) in [6.07, 6.45) is 0. The molecule has 0 radical (unpaired) electrons. The van der Waals surface area contributed by atoms with Crippen molar-refractivity contribution in [3.05, 3.63) is 28.8 Å². The van der Waals surface area contributed by atoms with Crippen molar-refractivity contribution in [2.45, 2.75) is 26.5 Å². The van der Waals surface area contributed by atoms with Crippen molar-refractivity contribution in [1.82, 2.24) is 0 Å². The Morgan fingerprint density at radius 2 is 2.15 bits per heavy atom. The summed E-state index contributed by atoms with van der Waals surface area (Å²) in [5.74, 6) is 0. The zero-order valence-corrected chi connectivity index (χ0v) is 8.60. The van der Waals surface area contributed by atoms with E-state index in [4.69, 9.17) is 16.7 Å². The third-order valence-electron chi connectivity index (χ3n) is 1.72. The van der Waals surface area contributed by atoms with Crippen LogP contribution in [0.1, 0.15) is 19.4 Å². The zero-order chi connectivity index (χ0) is 9.84. The highest BCUT2D eigenvalue weighted by Gasteiger charge is 2.05. The van der Waals surface area contributed by atoms with E-state index in [0.29, 0.717) is 11.1 Å². The van der Waals surface area contributed by atoms with E-state index in [2.05, 4.69) is 5.32 Å². The summed E-state index contributed by atoms with van der Waals surface area (Å²) in [5.41, 5.74) is 1.67. The Labute approximate surface area is 83.5 Å². The molecule has 0 aliphatic carbocycles. The average molecular weight is 200 g/mol. The molecule has 0 amide bonds. The van der Waals surface area contributed by atoms with E-state index in [9.17, 15) is 0 Å².